The Morgan fingerprint density at radius 1 is 1.06 bits per heavy atom. The van der Waals surface area contributed by atoms with Gasteiger partial charge in [0.15, 0.2) is 0 Å². The van der Waals surface area contributed by atoms with Gasteiger partial charge >= 0.3 is 0 Å². The second-order valence-electron chi connectivity index (χ2n) is 8.83. The van der Waals surface area contributed by atoms with Crippen LogP contribution in [0.2, 0.25) is 0 Å². The van der Waals surface area contributed by atoms with E-state index >= 15 is 0 Å². The Labute approximate surface area is 200 Å². The maximum atomic E-state index is 14.5. The number of aromatic nitrogens is 1. The van der Waals surface area contributed by atoms with Crippen LogP contribution < -0.4 is 10.1 Å². The number of hydrogen-bond donors (Lipinski definition) is 2. The number of carbonyl (C=O) groups excluding carboxylic acids is 2. The van der Waals surface area contributed by atoms with E-state index in [9.17, 15) is 14.0 Å². The van der Waals surface area contributed by atoms with Gasteiger partial charge in [-0.15, -0.1) is 0 Å². The Hall–Kier alpha value is -3.91. The number of carbonyl (C=O) groups is 2. The highest BCUT2D eigenvalue weighted by Gasteiger charge is 2.35. The number of benzene rings is 2. The lowest BCUT2D eigenvalue weighted by Gasteiger charge is -2.10. The average molecular weight is 477 g/mol. The molecule has 2 aromatic heterocycles. The van der Waals surface area contributed by atoms with Crippen LogP contribution in [0.15, 0.2) is 53.3 Å². The van der Waals surface area contributed by atoms with E-state index < -0.39 is 17.6 Å². The molecule has 180 valence electrons. The lowest BCUT2D eigenvalue weighted by Crippen LogP contribution is -2.22. The van der Waals surface area contributed by atoms with Crippen LogP contribution in [0.25, 0.3) is 33.0 Å². The number of nitrogens with one attached hydrogen (secondary N) is 1. The van der Waals surface area contributed by atoms with Crippen LogP contribution >= 0.6 is 0 Å². The molecule has 4 aromatic rings. The van der Waals surface area contributed by atoms with E-state index in [0.29, 0.717) is 41.7 Å². The van der Waals surface area contributed by atoms with Gasteiger partial charge in [-0.2, -0.15) is 0 Å². The first-order valence-electron chi connectivity index (χ1n) is 11.5. The van der Waals surface area contributed by atoms with E-state index in [1.54, 1.807) is 6.07 Å². The van der Waals surface area contributed by atoms with Gasteiger partial charge in [0.25, 0.3) is 11.8 Å². The molecule has 1 aliphatic rings. The van der Waals surface area contributed by atoms with Crippen LogP contribution in [0.1, 0.15) is 43.9 Å². The quantitative estimate of drug-likeness (QED) is 0.281. The van der Waals surface area contributed by atoms with Gasteiger partial charge < -0.3 is 18.8 Å². The molecular weight excluding hydrogens is 451 g/mol. The molecule has 5 rings (SSSR count). The van der Waals surface area contributed by atoms with Crippen molar-refractivity contribution in [2.24, 2.45) is 0 Å². The largest absolute Gasteiger partial charge is 0.494 e. The monoisotopic (exact) mass is 476 g/mol. The van der Waals surface area contributed by atoms with Crippen molar-refractivity contribution >= 4 is 44.8 Å². The Morgan fingerprint density at radius 2 is 1.83 bits per heavy atom. The van der Waals surface area contributed by atoms with Crippen LogP contribution in [0.5, 0.6) is 5.75 Å². The molecule has 0 unspecified atom stereocenters. The number of furan rings is 1. The maximum Gasteiger partial charge on any atom is 0.259 e. The Bertz CT molecular complexity index is 1490. The van der Waals surface area contributed by atoms with Crippen molar-refractivity contribution in [2.45, 2.75) is 32.7 Å². The zero-order chi connectivity index (χ0) is 24.7. The van der Waals surface area contributed by atoms with Gasteiger partial charge in [-0.1, -0.05) is 0 Å². The first kappa shape index (κ1) is 22.9. The number of nitrogens with zero attached hydrogens (tertiary/aromatic N) is 1. The molecule has 3 heterocycles. The fraction of sp³-hybridized carbons (Fsp3) is 0.259. The standard InChI is InChI=1S/C27H25FN2O5/c1-15(2)30-14-21(19-13-18(5-6-22(19)30)34-9-4-3-8-31)24-23(26(32)29-27(24)33)20-12-17(28)11-16-7-10-35-25(16)20/h5-7,10-15,31H,3-4,8-9H2,1-2H3,(H,29,32,33). The molecule has 0 saturated carbocycles. The fourth-order valence-corrected chi connectivity index (χ4v) is 4.55. The van der Waals surface area contributed by atoms with Gasteiger partial charge in [-0.25, -0.2) is 4.39 Å². The molecule has 0 spiro atoms. The number of aliphatic hydroxyl groups is 1. The lowest BCUT2D eigenvalue weighted by molar-refractivity contribution is -0.122. The van der Waals surface area contributed by atoms with E-state index in [2.05, 4.69) is 5.32 Å². The number of imide groups is 1. The number of unbranched alkanes of at least 4 members (excludes halogenated alkanes) is 1. The summed E-state index contributed by atoms with van der Waals surface area (Å²) >= 11 is 0. The first-order chi connectivity index (χ1) is 16.9. The third-order valence-electron chi connectivity index (χ3n) is 6.17. The number of hydrogen-bond acceptors (Lipinski definition) is 5. The van der Waals surface area contributed by atoms with Crippen LogP contribution in [0.4, 0.5) is 4.39 Å². The van der Waals surface area contributed by atoms with Gasteiger partial charge in [0.2, 0.25) is 0 Å². The van der Waals surface area contributed by atoms with Crippen molar-refractivity contribution < 1.29 is 28.2 Å². The second-order valence-corrected chi connectivity index (χ2v) is 8.83. The highest BCUT2D eigenvalue weighted by molar-refractivity contribution is 6.50. The summed E-state index contributed by atoms with van der Waals surface area (Å²) in [6, 6.07) is 9.86. The van der Waals surface area contributed by atoms with Gasteiger partial charge in [0, 0.05) is 46.3 Å². The maximum absolute atomic E-state index is 14.5. The van der Waals surface area contributed by atoms with E-state index in [-0.39, 0.29) is 29.4 Å². The molecule has 8 heteroatoms. The highest BCUT2D eigenvalue weighted by atomic mass is 19.1. The van der Waals surface area contributed by atoms with Crippen molar-refractivity contribution in [1.29, 1.82) is 0 Å². The summed E-state index contributed by atoms with van der Waals surface area (Å²) in [5, 5.41) is 12.6. The molecule has 35 heavy (non-hydrogen) atoms. The smallest absolute Gasteiger partial charge is 0.259 e. The number of amides is 2. The summed E-state index contributed by atoms with van der Waals surface area (Å²) in [4.78, 5) is 26.1. The van der Waals surface area contributed by atoms with Crippen molar-refractivity contribution in [2.75, 3.05) is 13.2 Å². The molecule has 7 nitrogen and oxygen atoms in total. The Kier molecular flexibility index (Phi) is 5.90. The van der Waals surface area contributed by atoms with E-state index in [0.717, 1.165) is 10.9 Å². The third kappa shape index (κ3) is 4.00. The minimum absolute atomic E-state index is 0.0755. The van der Waals surface area contributed by atoms with E-state index in [1.165, 1.54) is 18.4 Å². The van der Waals surface area contributed by atoms with Gasteiger partial charge in [-0.3, -0.25) is 14.9 Å². The minimum Gasteiger partial charge on any atom is -0.494 e. The number of fused-ring (bicyclic) bond motifs is 2. The molecular formula is C27H25FN2O5. The molecule has 2 amide bonds. The predicted octanol–water partition coefficient (Wildman–Crippen LogP) is 4.83. The number of aliphatic hydroxyl groups excluding tert-OH is 1. The first-order valence-corrected chi connectivity index (χ1v) is 11.5. The van der Waals surface area contributed by atoms with Crippen LogP contribution in [-0.2, 0) is 9.59 Å². The Balaban J connectivity index is 1.73. The zero-order valence-electron chi connectivity index (χ0n) is 19.4. The molecule has 0 bridgehead atoms. The molecule has 0 radical (unpaired) electrons. The van der Waals surface area contributed by atoms with Crippen molar-refractivity contribution in [3.05, 3.63) is 65.8 Å². The van der Waals surface area contributed by atoms with Crippen molar-refractivity contribution in [3.8, 4) is 5.75 Å². The van der Waals surface area contributed by atoms with E-state index in [4.69, 9.17) is 14.3 Å². The summed E-state index contributed by atoms with van der Waals surface area (Å²) in [6.45, 7) is 4.60. The second kappa shape index (κ2) is 9.03. The van der Waals surface area contributed by atoms with Gasteiger partial charge in [0.1, 0.15) is 17.1 Å². The molecule has 1 aliphatic heterocycles. The minimum atomic E-state index is -0.602. The zero-order valence-corrected chi connectivity index (χ0v) is 19.4. The summed E-state index contributed by atoms with van der Waals surface area (Å²) < 4.78 is 27.9. The lowest BCUT2D eigenvalue weighted by atomic mass is 9.95. The summed E-state index contributed by atoms with van der Waals surface area (Å²) in [5.41, 5.74) is 2.23. The van der Waals surface area contributed by atoms with Crippen molar-refractivity contribution in [3.63, 3.8) is 0 Å². The fourth-order valence-electron chi connectivity index (χ4n) is 4.55. The van der Waals surface area contributed by atoms with Crippen molar-refractivity contribution in [1.82, 2.24) is 9.88 Å². The summed E-state index contributed by atoms with van der Waals surface area (Å²) in [7, 11) is 0. The number of rotatable bonds is 8. The summed E-state index contributed by atoms with van der Waals surface area (Å²) in [6.07, 6.45) is 4.62. The normalized spacial score (nSPS) is 14.1. The van der Waals surface area contributed by atoms with Crippen LogP contribution in [0, 0.1) is 5.82 Å². The van der Waals surface area contributed by atoms with Crippen LogP contribution in [0.3, 0.4) is 0 Å². The topological polar surface area (TPSA) is 93.7 Å². The number of ether oxygens (including phenoxy) is 1. The molecule has 0 aliphatic carbocycles. The van der Waals surface area contributed by atoms with Crippen LogP contribution in [-0.4, -0.2) is 34.7 Å². The molecule has 0 atom stereocenters. The molecule has 2 aromatic carbocycles. The van der Waals surface area contributed by atoms with Gasteiger partial charge in [-0.05, 0) is 63.1 Å². The number of halogens is 1. The molecule has 0 fully saturated rings. The Morgan fingerprint density at radius 3 is 2.57 bits per heavy atom. The van der Waals surface area contributed by atoms with E-state index in [1.807, 2.05) is 42.8 Å². The SMILES string of the molecule is CC(C)n1cc(C2=C(c3cc(F)cc4ccoc34)C(=O)NC2=O)c2cc(OCCCCO)ccc21. The average Bonchev–Trinajstić information content (AvgIpc) is 3.51. The van der Waals surface area contributed by atoms with Gasteiger partial charge in [0.05, 0.1) is 24.0 Å². The third-order valence-corrected chi connectivity index (χ3v) is 6.17. The highest BCUT2D eigenvalue weighted by Crippen LogP contribution is 2.40. The molecule has 0 saturated heterocycles. The summed E-state index contributed by atoms with van der Waals surface area (Å²) in [5.74, 6) is -1.07. The molecule has 2 N–H and O–H groups in total. The predicted molar refractivity (Wildman–Crippen MR) is 130 cm³/mol.